The van der Waals surface area contributed by atoms with E-state index in [0.29, 0.717) is 13.0 Å². The molecule has 1 atom stereocenters. The summed E-state index contributed by atoms with van der Waals surface area (Å²) in [4.78, 5) is 10.1. The maximum absolute atomic E-state index is 14.0. The quantitative estimate of drug-likeness (QED) is 0.694. The number of rotatable bonds is 7. The number of hydrogen-bond acceptors (Lipinski definition) is 4. The maximum Gasteiger partial charge on any atom is 0.122 e. The van der Waals surface area contributed by atoms with Gasteiger partial charge in [-0.1, -0.05) is 6.58 Å². The number of nitrogens with zero attached hydrogens (tertiary/aromatic N) is 3. The first-order chi connectivity index (χ1) is 12.5. The monoisotopic (exact) mass is 355 g/mol. The van der Waals surface area contributed by atoms with Crippen LogP contribution >= 0.6 is 0 Å². The standard InChI is InChI=1S/C21H26FN3O/c1-5-24-20(8-10-23-4)17-9-11-25(16(3)12-17)21(14-26)18-7-6-15(2)19(22)13-18/h8-13,21,26H,3-7,14H2,1-2H3/b10-8-,24-20+. The molecule has 0 aromatic rings. The van der Waals surface area contributed by atoms with Gasteiger partial charge in [0.15, 0.2) is 0 Å². The third-order valence-corrected chi connectivity index (χ3v) is 4.48. The van der Waals surface area contributed by atoms with Crippen LogP contribution in [0, 0.1) is 0 Å². The third kappa shape index (κ3) is 4.55. The van der Waals surface area contributed by atoms with Crippen molar-refractivity contribution in [2.24, 2.45) is 9.98 Å². The molecule has 0 amide bonds. The van der Waals surface area contributed by atoms with Crippen molar-refractivity contribution in [1.29, 1.82) is 0 Å². The molecular weight excluding hydrogens is 329 g/mol. The van der Waals surface area contributed by atoms with Crippen molar-refractivity contribution in [2.75, 3.05) is 13.2 Å². The molecule has 0 spiro atoms. The van der Waals surface area contributed by atoms with Gasteiger partial charge in [-0.3, -0.25) is 9.98 Å². The fourth-order valence-electron chi connectivity index (χ4n) is 3.01. The Hall–Kier alpha value is -2.53. The molecule has 1 heterocycles. The van der Waals surface area contributed by atoms with Gasteiger partial charge in [-0.2, -0.15) is 0 Å². The van der Waals surface area contributed by atoms with Crippen molar-refractivity contribution in [3.63, 3.8) is 0 Å². The number of aliphatic hydroxyl groups is 1. The molecule has 138 valence electrons. The summed E-state index contributed by atoms with van der Waals surface area (Å²) >= 11 is 0. The molecule has 1 N–H and O–H groups in total. The maximum atomic E-state index is 14.0. The predicted molar refractivity (Wildman–Crippen MR) is 107 cm³/mol. The molecule has 2 rings (SSSR count). The molecule has 0 fully saturated rings. The molecule has 0 saturated carbocycles. The number of hydrogen-bond donors (Lipinski definition) is 1. The summed E-state index contributed by atoms with van der Waals surface area (Å²) in [6, 6.07) is -0.327. The molecule has 1 aliphatic heterocycles. The number of aliphatic hydroxyl groups excluding tert-OH is 1. The third-order valence-electron chi connectivity index (χ3n) is 4.48. The van der Waals surface area contributed by atoms with Gasteiger partial charge in [0.05, 0.1) is 18.4 Å². The highest BCUT2D eigenvalue weighted by atomic mass is 19.1. The number of halogens is 1. The van der Waals surface area contributed by atoms with E-state index in [1.165, 1.54) is 0 Å². The Balaban J connectivity index is 2.25. The normalized spacial score (nSPS) is 19.8. The highest BCUT2D eigenvalue weighted by Gasteiger charge is 2.25. The second-order valence-corrected chi connectivity index (χ2v) is 6.22. The van der Waals surface area contributed by atoms with E-state index in [2.05, 4.69) is 23.3 Å². The molecule has 5 heteroatoms. The van der Waals surface area contributed by atoms with Crippen LogP contribution in [0.25, 0.3) is 0 Å². The highest BCUT2D eigenvalue weighted by molar-refractivity contribution is 6.10. The van der Waals surface area contributed by atoms with Crippen LogP contribution in [0.5, 0.6) is 0 Å². The van der Waals surface area contributed by atoms with E-state index < -0.39 is 0 Å². The lowest BCUT2D eigenvalue weighted by Crippen LogP contribution is -2.36. The first-order valence-electron chi connectivity index (χ1n) is 8.72. The smallest absolute Gasteiger partial charge is 0.122 e. The van der Waals surface area contributed by atoms with E-state index in [0.717, 1.165) is 34.5 Å². The zero-order valence-electron chi connectivity index (χ0n) is 15.5. The topological polar surface area (TPSA) is 48.2 Å². The first kappa shape index (κ1) is 19.8. The van der Waals surface area contributed by atoms with E-state index in [1.54, 1.807) is 25.3 Å². The van der Waals surface area contributed by atoms with Gasteiger partial charge in [0.2, 0.25) is 0 Å². The fraction of sp³-hybridized carbons (Fsp3) is 0.333. The van der Waals surface area contributed by atoms with Crippen LogP contribution in [-0.4, -0.2) is 41.6 Å². The Morgan fingerprint density at radius 1 is 1.42 bits per heavy atom. The molecule has 0 aromatic heterocycles. The average molecular weight is 355 g/mol. The SMILES string of the molecule is C=N/C=C\C(=N/CC)C1=CC(=C)N(C(CO)C2=CC(F)=C(C)CC2)C=C1. The molecule has 26 heavy (non-hydrogen) atoms. The van der Waals surface area contributed by atoms with Crippen LogP contribution in [0.4, 0.5) is 4.39 Å². The molecule has 2 aliphatic rings. The average Bonchev–Trinajstić information content (AvgIpc) is 2.63. The van der Waals surface area contributed by atoms with Gasteiger partial charge >= 0.3 is 0 Å². The van der Waals surface area contributed by atoms with Crippen molar-refractivity contribution >= 4 is 12.4 Å². The predicted octanol–water partition coefficient (Wildman–Crippen LogP) is 4.26. The van der Waals surface area contributed by atoms with E-state index in [4.69, 9.17) is 0 Å². The second-order valence-electron chi connectivity index (χ2n) is 6.22. The van der Waals surface area contributed by atoms with Crippen molar-refractivity contribution in [3.8, 4) is 0 Å². The van der Waals surface area contributed by atoms with Crippen molar-refractivity contribution in [2.45, 2.75) is 32.7 Å². The first-order valence-corrected chi connectivity index (χ1v) is 8.72. The molecule has 0 aromatic carbocycles. The van der Waals surface area contributed by atoms with Crippen molar-refractivity contribution < 1.29 is 9.50 Å². The summed E-state index contributed by atoms with van der Waals surface area (Å²) in [5.41, 5.74) is 4.04. The molecule has 4 nitrogen and oxygen atoms in total. The molecule has 0 radical (unpaired) electrons. The van der Waals surface area contributed by atoms with E-state index in [1.807, 2.05) is 30.2 Å². The van der Waals surface area contributed by atoms with Crippen LogP contribution in [0.1, 0.15) is 26.7 Å². The number of aliphatic imine (C=N–C) groups is 2. The Morgan fingerprint density at radius 2 is 2.19 bits per heavy atom. The largest absolute Gasteiger partial charge is 0.394 e. The van der Waals surface area contributed by atoms with Gasteiger partial charge in [0.25, 0.3) is 0 Å². The van der Waals surface area contributed by atoms with E-state index in [9.17, 15) is 9.50 Å². The lowest BCUT2D eigenvalue weighted by atomic mass is 9.92. The minimum absolute atomic E-state index is 0.110. The van der Waals surface area contributed by atoms with Gasteiger partial charge in [-0.05, 0) is 68.9 Å². The summed E-state index contributed by atoms with van der Waals surface area (Å²) < 4.78 is 14.0. The Morgan fingerprint density at radius 3 is 2.77 bits per heavy atom. The fourth-order valence-corrected chi connectivity index (χ4v) is 3.01. The summed E-state index contributed by atoms with van der Waals surface area (Å²) in [6.45, 7) is 11.8. The van der Waals surface area contributed by atoms with Crippen LogP contribution in [-0.2, 0) is 0 Å². The highest BCUT2D eigenvalue weighted by Crippen LogP contribution is 2.31. The van der Waals surface area contributed by atoms with Crippen LogP contribution in [0.2, 0.25) is 0 Å². The van der Waals surface area contributed by atoms with Crippen molar-refractivity contribution in [1.82, 2.24) is 4.90 Å². The van der Waals surface area contributed by atoms with E-state index in [-0.39, 0.29) is 18.5 Å². The zero-order chi connectivity index (χ0) is 19.1. The molecule has 1 unspecified atom stereocenters. The van der Waals surface area contributed by atoms with Gasteiger partial charge in [-0.15, -0.1) is 0 Å². The Labute approximate surface area is 154 Å². The molecule has 0 bridgehead atoms. The zero-order valence-corrected chi connectivity index (χ0v) is 15.5. The van der Waals surface area contributed by atoms with Gasteiger partial charge in [0, 0.05) is 30.2 Å². The molecular formula is C21H26FN3O. The molecule has 0 saturated heterocycles. The van der Waals surface area contributed by atoms with E-state index >= 15 is 0 Å². The minimum Gasteiger partial charge on any atom is -0.394 e. The Bertz CT molecular complexity index is 753. The van der Waals surface area contributed by atoms with Crippen molar-refractivity contribution in [3.05, 3.63) is 71.5 Å². The van der Waals surface area contributed by atoms with Gasteiger partial charge in [0.1, 0.15) is 5.83 Å². The van der Waals surface area contributed by atoms with Crippen LogP contribution in [0.15, 0.2) is 81.5 Å². The second kappa shape index (κ2) is 9.25. The van der Waals surface area contributed by atoms with Gasteiger partial charge < -0.3 is 10.0 Å². The van der Waals surface area contributed by atoms with Gasteiger partial charge in [-0.25, -0.2) is 4.39 Å². The van der Waals surface area contributed by atoms with Crippen LogP contribution in [0.3, 0.4) is 0 Å². The lowest BCUT2D eigenvalue weighted by molar-refractivity contribution is 0.208. The van der Waals surface area contributed by atoms with Crippen LogP contribution < -0.4 is 0 Å². The summed E-state index contributed by atoms with van der Waals surface area (Å²) in [5.74, 6) is -0.202. The lowest BCUT2D eigenvalue weighted by Gasteiger charge is -2.34. The number of allylic oxidation sites excluding steroid dienone is 7. The minimum atomic E-state index is -0.327. The summed E-state index contributed by atoms with van der Waals surface area (Å²) in [7, 11) is 0. The molecule has 1 aliphatic carbocycles. The summed E-state index contributed by atoms with van der Waals surface area (Å²) in [6.07, 6.45) is 12.0. The summed E-state index contributed by atoms with van der Waals surface area (Å²) in [5, 5.41) is 9.90. The Kier molecular flexibility index (Phi) is 7.04.